The number of ether oxygens (including phenoxy) is 1. The average Bonchev–Trinajstić information content (AvgIpc) is 2.10. The molecule has 82 valence electrons. The fraction of sp³-hybridized carbons (Fsp3) is 0.875. The van der Waals surface area contributed by atoms with E-state index in [4.69, 9.17) is 9.84 Å². The molecule has 1 saturated heterocycles. The first-order valence-electron chi connectivity index (χ1n) is 4.44. The molecule has 2 unspecified atom stereocenters. The third kappa shape index (κ3) is 2.65. The Hall–Kier alpha value is -0.690. The molecule has 1 aliphatic heterocycles. The predicted octanol–water partition coefficient (Wildman–Crippen LogP) is -2.05. The van der Waals surface area contributed by atoms with Gasteiger partial charge in [0.2, 0.25) is 5.91 Å². The molecule has 1 aliphatic rings. The highest BCUT2D eigenvalue weighted by molar-refractivity contribution is 5.73. The third-order valence-corrected chi connectivity index (χ3v) is 2.15. The first-order chi connectivity index (χ1) is 6.54. The van der Waals surface area contributed by atoms with Crippen LogP contribution in [0, 0.1) is 0 Å². The van der Waals surface area contributed by atoms with E-state index in [0.29, 0.717) is 0 Å². The highest BCUT2D eigenvalue weighted by atomic mass is 16.6. The zero-order valence-corrected chi connectivity index (χ0v) is 7.88. The lowest BCUT2D eigenvalue weighted by Gasteiger charge is -2.36. The smallest absolute Gasteiger partial charge is 0.217 e. The lowest BCUT2D eigenvalue weighted by atomic mass is 10.0. The standard InChI is InChI=1S/C8H15NO5/c1-4(11)9-5-2-6(12)7(3-10)14-8(5)13/h5-8,10,12-13H,2-3H2,1H3,(H,9,11)/t5?,6-,7+,8?/m0/s1. The molecular weight excluding hydrogens is 190 g/mol. The summed E-state index contributed by atoms with van der Waals surface area (Å²) in [6.45, 7) is 0.961. The summed E-state index contributed by atoms with van der Waals surface area (Å²) >= 11 is 0. The second-order valence-corrected chi connectivity index (χ2v) is 3.36. The predicted molar refractivity (Wildman–Crippen MR) is 46.2 cm³/mol. The number of carbonyl (C=O) groups is 1. The number of amides is 1. The summed E-state index contributed by atoms with van der Waals surface area (Å²) in [6.07, 6.45) is -2.67. The van der Waals surface area contributed by atoms with Crippen LogP contribution in [0.5, 0.6) is 0 Å². The zero-order chi connectivity index (χ0) is 10.7. The molecule has 1 fully saturated rings. The van der Waals surface area contributed by atoms with Crippen molar-refractivity contribution in [2.45, 2.75) is 37.9 Å². The number of aliphatic hydroxyl groups excluding tert-OH is 3. The van der Waals surface area contributed by atoms with E-state index >= 15 is 0 Å². The van der Waals surface area contributed by atoms with Crippen LogP contribution in [0.4, 0.5) is 0 Å². The van der Waals surface area contributed by atoms with Crippen molar-refractivity contribution in [1.29, 1.82) is 0 Å². The minimum atomic E-state index is -1.18. The van der Waals surface area contributed by atoms with Crippen LogP contribution in [0.1, 0.15) is 13.3 Å². The van der Waals surface area contributed by atoms with Gasteiger partial charge in [-0.15, -0.1) is 0 Å². The topological polar surface area (TPSA) is 99.0 Å². The molecule has 0 aliphatic carbocycles. The summed E-state index contributed by atoms with van der Waals surface area (Å²) < 4.78 is 4.90. The third-order valence-electron chi connectivity index (χ3n) is 2.15. The molecule has 0 aromatic carbocycles. The van der Waals surface area contributed by atoms with Crippen molar-refractivity contribution in [3.63, 3.8) is 0 Å². The van der Waals surface area contributed by atoms with Gasteiger partial charge in [-0.2, -0.15) is 0 Å². The lowest BCUT2D eigenvalue weighted by molar-refractivity contribution is -0.221. The summed E-state index contributed by atoms with van der Waals surface area (Å²) in [5.74, 6) is -0.299. The Morgan fingerprint density at radius 1 is 1.57 bits per heavy atom. The Kier molecular flexibility index (Phi) is 3.82. The van der Waals surface area contributed by atoms with Crippen LogP contribution in [-0.2, 0) is 9.53 Å². The summed E-state index contributed by atoms with van der Waals surface area (Å²) in [5, 5.41) is 30.0. The number of carbonyl (C=O) groups excluding carboxylic acids is 1. The summed E-state index contributed by atoms with van der Waals surface area (Å²) in [6, 6.07) is -0.620. The quantitative estimate of drug-likeness (QED) is 0.416. The number of nitrogens with one attached hydrogen (secondary N) is 1. The van der Waals surface area contributed by atoms with E-state index in [9.17, 15) is 15.0 Å². The maximum atomic E-state index is 10.7. The van der Waals surface area contributed by atoms with Crippen molar-refractivity contribution < 1.29 is 24.9 Å². The van der Waals surface area contributed by atoms with Crippen molar-refractivity contribution in [2.75, 3.05) is 6.61 Å². The Morgan fingerprint density at radius 3 is 2.71 bits per heavy atom. The van der Waals surface area contributed by atoms with E-state index in [2.05, 4.69) is 5.32 Å². The summed E-state index contributed by atoms with van der Waals surface area (Å²) in [7, 11) is 0. The fourth-order valence-corrected chi connectivity index (χ4v) is 1.45. The summed E-state index contributed by atoms with van der Waals surface area (Å²) in [5.41, 5.74) is 0. The van der Waals surface area contributed by atoms with E-state index in [1.165, 1.54) is 6.92 Å². The van der Waals surface area contributed by atoms with Crippen LogP contribution in [0.2, 0.25) is 0 Å². The molecule has 0 saturated carbocycles. The minimum absolute atomic E-state index is 0.173. The van der Waals surface area contributed by atoms with E-state index in [1.807, 2.05) is 0 Å². The van der Waals surface area contributed by atoms with Gasteiger partial charge in [0.15, 0.2) is 6.29 Å². The van der Waals surface area contributed by atoms with Crippen molar-refractivity contribution in [2.24, 2.45) is 0 Å². The number of hydrogen-bond acceptors (Lipinski definition) is 5. The van der Waals surface area contributed by atoms with Gasteiger partial charge < -0.3 is 25.4 Å². The van der Waals surface area contributed by atoms with Crippen LogP contribution in [0.25, 0.3) is 0 Å². The zero-order valence-electron chi connectivity index (χ0n) is 7.88. The molecule has 0 spiro atoms. The van der Waals surface area contributed by atoms with Gasteiger partial charge in [0.25, 0.3) is 0 Å². The van der Waals surface area contributed by atoms with Crippen LogP contribution in [0.3, 0.4) is 0 Å². The van der Waals surface area contributed by atoms with Gasteiger partial charge in [-0.25, -0.2) is 0 Å². The van der Waals surface area contributed by atoms with Gasteiger partial charge in [0, 0.05) is 13.3 Å². The average molecular weight is 205 g/mol. The molecule has 1 amide bonds. The first-order valence-corrected chi connectivity index (χ1v) is 4.44. The molecular formula is C8H15NO5. The Balaban J connectivity index is 2.52. The first kappa shape index (κ1) is 11.4. The molecule has 6 heteroatoms. The van der Waals surface area contributed by atoms with Gasteiger partial charge in [0.1, 0.15) is 6.10 Å². The molecule has 4 atom stereocenters. The van der Waals surface area contributed by atoms with Crippen LogP contribution < -0.4 is 5.32 Å². The van der Waals surface area contributed by atoms with Crippen LogP contribution in [0.15, 0.2) is 0 Å². The van der Waals surface area contributed by atoms with Gasteiger partial charge >= 0.3 is 0 Å². The van der Waals surface area contributed by atoms with Gasteiger partial charge in [0.05, 0.1) is 18.8 Å². The lowest BCUT2D eigenvalue weighted by Crippen LogP contribution is -2.55. The van der Waals surface area contributed by atoms with E-state index in [1.54, 1.807) is 0 Å². The van der Waals surface area contributed by atoms with Gasteiger partial charge in [-0.05, 0) is 0 Å². The van der Waals surface area contributed by atoms with Crippen molar-refractivity contribution in [3.8, 4) is 0 Å². The Morgan fingerprint density at radius 2 is 2.21 bits per heavy atom. The van der Waals surface area contributed by atoms with Crippen molar-refractivity contribution in [3.05, 3.63) is 0 Å². The SMILES string of the molecule is CC(=O)NC1C[C@H](O)[C@@H](CO)OC1O. The Bertz CT molecular complexity index is 210. The molecule has 0 bridgehead atoms. The summed E-state index contributed by atoms with van der Waals surface area (Å²) in [4.78, 5) is 10.7. The maximum Gasteiger partial charge on any atom is 0.217 e. The normalized spacial score (nSPS) is 38.0. The number of hydrogen-bond donors (Lipinski definition) is 4. The molecule has 6 nitrogen and oxygen atoms in total. The van der Waals surface area contributed by atoms with Gasteiger partial charge in [-0.1, -0.05) is 0 Å². The molecule has 4 N–H and O–H groups in total. The van der Waals surface area contributed by atoms with E-state index in [0.717, 1.165) is 0 Å². The van der Waals surface area contributed by atoms with E-state index < -0.39 is 24.5 Å². The Labute approximate surface area is 81.5 Å². The van der Waals surface area contributed by atoms with Crippen molar-refractivity contribution in [1.82, 2.24) is 5.32 Å². The molecule has 0 aromatic rings. The van der Waals surface area contributed by atoms with E-state index in [-0.39, 0.29) is 18.9 Å². The molecule has 14 heavy (non-hydrogen) atoms. The van der Waals surface area contributed by atoms with Crippen LogP contribution >= 0.6 is 0 Å². The minimum Gasteiger partial charge on any atom is -0.394 e. The fourth-order valence-electron chi connectivity index (χ4n) is 1.45. The monoisotopic (exact) mass is 205 g/mol. The molecule has 0 radical (unpaired) electrons. The van der Waals surface area contributed by atoms with Crippen LogP contribution in [-0.4, -0.2) is 52.4 Å². The molecule has 1 heterocycles. The maximum absolute atomic E-state index is 10.7. The van der Waals surface area contributed by atoms with Crippen molar-refractivity contribution >= 4 is 5.91 Å². The highest BCUT2D eigenvalue weighted by Gasteiger charge is 2.36. The largest absolute Gasteiger partial charge is 0.394 e. The second-order valence-electron chi connectivity index (χ2n) is 3.36. The second kappa shape index (κ2) is 4.70. The van der Waals surface area contributed by atoms with Gasteiger partial charge in [-0.3, -0.25) is 4.79 Å². The molecule has 1 rings (SSSR count). The number of aliphatic hydroxyl groups is 3. The molecule has 0 aromatic heterocycles. The number of rotatable bonds is 2. The highest BCUT2D eigenvalue weighted by Crippen LogP contribution is 2.18.